The second kappa shape index (κ2) is 7.23. The molecule has 1 heterocycles. The molecule has 4 heteroatoms. The van der Waals surface area contributed by atoms with Gasteiger partial charge in [0.25, 0.3) is 0 Å². The van der Waals surface area contributed by atoms with Gasteiger partial charge in [-0.05, 0) is 24.1 Å². The van der Waals surface area contributed by atoms with E-state index in [1.807, 2.05) is 30.3 Å². The smallest absolute Gasteiger partial charge is 0.150 e. The van der Waals surface area contributed by atoms with Gasteiger partial charge in [0.2, 0.25) is 0 Å². The summed E-state index contributed by atoms with van der Waals surface area (Å²) in [5.74, 6) is 0. The van der Waals surface area contributed by atoms with Crippen molar-refractivity contribution in [2.45, 2.75) is 13.5 Å². The summed E-state index contributed by atoms with van der Waals surface area (Å²) < 4.78 is 0. The zero-order valence-electron chi connectivity index (χ0n) is 13.7. The second-order valence-corrected chi connectivity index (χ2v) is 5.97. The Morgan fingerprint density at radius 2 is 2.04 bits per heavy atom. The predicted octanol–water partition coefficient (Wildman–Crippen LogP) is 2.93. The minimum atomic E-state index is 0.604. The highest BCUT2D eigenvalue weighted by Gasteiger charge is 2.19. The van der Waals surface area contributed by atoms with E-state index in [1.165, 1.54) is 5.56 Å². The molecule has 0 radical (unpaired) electrons. The van der Waals surface area contributed by atoms with Crippen molar-refractivity contribution in [1.82, 2.24) is 10.6 Å². The van der Waals surface area contributed by atoms with Crippen LogP contribution in [0.5, 0.6) is 0 Å². The average molecular weight is 319 g/mol. The molecule has 0 aliphatic carbocycles. The number of aldehydes is 1. The Kier molecular flexibility index (Phi) is 4.87. The lowest BCUT2D eigenvalue weighted by atomic mass is 10.00. The highest BCUT2D eigenvalue weighted by molar-refractivity contribution is 6.07. The highest BCUT2D eigenvalue weighted by atomic mass is 16.1. The topological polar surface area (TPSA) is 65.0 Å². The first-order valence-corrected chi connectivity index (χ1v) is 8.04. The summed E-state index contributed by atoms with van der Waals surface area (Å²) in [4.78, 5) is 10.9. The number of carbonyl (C=O) groups is 1. The van der Waals surface area contributed by atoms with E-state index in [2.05, 4.69) is 29.7 Å². The highest BCUT2D eigenvalue weighted by Crippen LogP contribution is 2.22. The summed E-state index contributed by atoms with van der Waals surface area (Å²) in [5, 5.41) is 14.9. The van der Waals surface area contributed by atoms with Gasteiger partial charge in [0.05, 0.1) is 5.71 Å². The number of rotatable bonds is 5. The van der Waals surface area contributed by atoms with Crippen LogP contribution in [-0.2, 0) is 6.54 Å². The fourth-order valence-corrected chi connectivity index (χ4v) is 2.95. The Balaban J connectivity index is 1.93. The zero-order valence-corrected chi connectivity index (χ0v) is 13.7. The molecule has 1 fully saturated rings. The molecule has 0 bridgehead atoms. The first-order valence-electron chi connectivity index (χ1n) is 8.04. The largest absolute Gasteiger partial charge is 0.380 e. The minimum absolute atomic E-state index is 0.604. The molecule has 0 atom stereocenters. The summed E-state index contributed by atoms with van der Waals surface area (Å²) in [6.45, 7) is 4.00. The first kappa shape index (κ1) is 16.1. The molecule has 0 unspecified atom stereocenters. The molecule has 122 valence electrons. The Labute approximate surface area is 142 Å². The van der Waals surface area contributed by atoms with E-state index in [-0.39, 0.29) is 0 Å². The van der Waals surface area contributed by atoms with Gasteiger partial charge in [-0.1, -0.05) is 42.5 Å². The summed E-state index contributed by atoms with van der Waals surface area (Å²) in [5.41, 5.74) is 6.65. The zero-order chi connectivity index (χ0) is 16.9. The normalized spacial score (nSPS) is 16.1. The van der Waals surface area contributed by atoms with Gasteiger partial charge in [0.1, 0.15) is 6.29 Å². The molecule has 2 aromatic carbocycles. The van der Waals surface area contributed by atoms with Crippen LogP contribution in [0.4, 0.5) is 0 Å². The van der Waals surface area contributed by atoms with Gasteiger partial charge in [-0.3, -0.25) is 4.79 Å². The molecule has 1 aliphatic heterocycles. The van der Waals surface area contributed by atoms with Crippen LogP contribution in [0.3, 0.4) is 0 Å². The maximum Gasteiger partial charge on any atom is 0.150 e. The van der Waals surface area contributed by atoms with E-state index in [0.717, 1.165) is 28.7 Å². The van der Waals surface area contributed by atoms with Gasteiger partial charge < -0.3 is 16.0 Å². The van der Waals surface area contributed by atoms with E-state index < -0.39 is 0 Å². The van der Waals surface area contributed by atoms with Crippen molar-refractivity contribution in [3.05, 3.63) is 76.4 Å². The lowest BCUT2D eigenvalue weighted by Gasteiger charge is -2.17. The standard InChI is InChI=1S/C20H21N3O/c1-14-5-2-3-8-17(14)20(18-11-22-12-19(18)21)23-10-15-6-4-7-16(9-15)13-24/h2-9,13,21-23H,10-12H2,1H3/b20-18-,21-19?. The molecule has 0 saturated carbocycles. The van der Waals surface area contributed by atoms with Crippen molar-refractivity contribution in [3.63, 3.8) is 0 Å². The van der Waals surface area contributed by atoms with Crippen LogP contribution in [0.15, 0.2) is 54.1 Å². The third-order valence-electron chi connectivity index (χ3n) is 4.24. The minimum Gasteiger partial charge on any atom is -0.380 e. The predicted molar refractivity (Wildman–Crippen MR) is 97.4 cm³/mol. The Morgan fingerprint density at radius 1 is 1.21 bits per heavy atom. The molecule has 0 amide bonds. The maximum atomic E-state index is 10.9. The number of aryl methyl sites for hydroxylation is 1. The molecule has 0 aromatic heterocycles. The van der Waals surface area contributed by atoms with Crippen LogP contribution in [0.1, 0.15) is 27.0 Å². The second-order valence-electron chi connectivity index (χ2n) is 5.97. The van der Waals surface area contributed by atoms with Gasteiger partial charge in [-0.15, -0.1) is 0 Å². The van der Waals surface area contributed by atoms with Crippen molar-refractivity contribution < 1.29 is 4.79 Å². The Bertz CT molecular complexity index is 808. The molecular weight excluding hydrogens is 298 g/mol. The lowest BCUT2D eigenvalue weighted by Crippen LogP contribution is -2.17. The average Bonchev–Trinajstić information content (AvgIpc) is 3.03. The van der Waals surface area contributed by atoms with Crippen LogP contribution in [0, 0.1) is 12.3 Å². The van der Waals surface area contributed by atoms with Crippen LogP contribution in [0.2, 0.25) is 0 Å². The van der Waals surface area contributed by atoms with Gasteiger partial charge in [0.15, 0.2) is 0 Å². The van der Waals surface area contributed by atoms with Crippen molar-refractivity contribution in [2.24, 2.45) is 0 Å². The number of nitrogens with one attached hydrogen (secondary N) is 3. The summed E-state index contributed by atoms with van der Waals surface area (Å²) in [6, 6.07) is 15.8. The van der Waals surface area contributed by atoms with Crippen LogP contribution >= 0.6 is 0 Å². The van der Waals surface area contributed by atoms with E-state index in [1.54, 1.807) is 6.07 Å². The first-order chi connectivity index (χ1) is 11.7. The Hall–Kier alpha value is -2.72. The Morgan fingerprint density at radius 3 is 2.75 bits per heavy atom. The fraction of sp³-hybridized carbons (Fsp3) is 0.200. The van der Waals surface area contributed by atoms with Gasteiger partial charge in [-0.2, -0.15) is 0 Å². The van der Waals surface area contributed by atoms with Crippen molar-refractivity contribution in [1.29, 1.82) is 5.41 Å². The molecule has 0 spiro atoms. The third-order valence-corrected chi connectivity index (χ3v) is 4.24. The molecule has 3 N–H and O–H groups in total. The number of hydrogen-bond acceptors (Lipinski definition) is 4. The molecule has 2 aromatic rings. The summed E-state index contributed by atoms with van der Waals surface area (Å²) in [7, 11) is 0. The number of hydrogen-bond donors (Lipinski definition) is 3. The van der Waals surface area contributed by atoms with Crippen LogP contribution in [0.25, 0.3) is 5.70 Å². The summed E-state index contributed by atoms with van der Waals surface area (Å²) >= 11 is 0. The monoisotopic (exact) mass is 319 g/mol. The van der Waals surface area contributed by atoms with E-state index in [4.69, 9.17) is 5.41 Å². The van der Waals surface area contributed by atoms with Gasteiger partial charge in [-0.25, -0.2) is 0 Å². The van der Waals surface area contributed by atoms with Gasteiger partial charge >= 0.3 is 0 Å². The number of benzene rings is 2. The van der Waals surface area contributed by atoms with E-state index in [9.17, 15) is 4.79 Å². The third kappa shape index (κ3) is 3.44. The quantitative estimate of drug-likeness (QED) is 0.743. The molecule has 24 heavy (non-hydrogen) atoms. The van der Waals surface area contributed by atoms with E-state index >= 15 is 0 Å². The van der Waals surface area contributed by atoms with Crippen molar-refractivity contribution in [3.8, 4) is 0 Å². The SMILES string of the molecule is Cc1ccccc1/C(NCc1cccc(C=O)c1)=C1\CNCC1=N. The maximum absolute atomic E-state index is 10.9. The summed E-state index contributed by atoms with van der Waals surface area (Å²) in [6.07, 6.45) is 0.862. The fourth-order valence-electron chi connectivity index (χ4n) is 2.95. The molecule has 1 aliphatic rings. The van der Waals surface area contributed by atoms with Crippen LogP contribution in [-0.4, -0.2) is 25.1 Å². The molecule has 1 saturated heterocycles. The molecule has 4 nitrogen and oxygen atoms in total. The molecular formula is C20H21N3O. The number of carbonyl (C=O) groups excluding carboxylic acids is 1. The van der Waals surface area contributed by atoms with E-state index in [0.29, 0.717) is 30.9 Å². The lowest BCUT2D eigenvalue weighted by molar-refractivity contribution is 0.112. The van der Waals surface area contributed by atoms with Gasteiger partial charge in [0, 0.05) is 42.0 Å². The van der Waals surface area contributed by atoms with Crippen molar-refractivity contribution in [2.75, 3.05) is 13.1 Å². The molecule has 3 rings (SSSR count). The van der Waals surface area contributed by atoms with Crippen LogP contribution < -0.4 is 10.6 Å². The van der Waals surface area contributed by atoms with Crippen molar-refractivity contribution >= 4 is 17.7 Å².